The molecular weight excluding hydrogens is 213 g/mol. The Kier molecular flexibility index (Phi) is 11.2. The normalized spacial score (nSPS) is 8.40. The van der Waals surface area contributed by atoms with E-state index in [1.165, 1.54) is 0 Å². The zero-order valence-electron chi connectivity index (χ0n) is 9.16. The molecular formula is C8H13NNaO5. The van der Waals surface area contributed by atoms with Gasteiger partial charge < -0.3 is 9.47 Å². The largest absolute Gasteiger partial charge is 0.466 e. The number of nitrogens with one attached hydrogen (secondary N) is 1. The van der Waals surface area contributed by atoms with Gasteiger partial charge in [0.05, 0.1) is 13.2 Å². The molecule has 1 radical (unpaired) electrons. The number of hydrogen-bond acceptors (Lipinski definition) is 5. The Hall–Kier alpha value is -0.590. The van der Waals surface area contributed by atoms with Crippen LogP contribution >= 0.6 is 0 Å². The van der Waals surface area contributed by atoms with E-state index in [2.05, 4.69) is 9.47 Å². The molecule has 2 amide bonds. The second kappa shape index (κ2) is 9.95. The summed E-state index contributed by atoms with van der Waals surface area (Å²) in [6.07, 6.45) is -1.34. The van der Waals surface area contributed by atoms with E-state index in [9.17, 15) is 14.4 Å². The summed E-state index contributed by atoms with van der Waals surface area (Å²) in [7, 11) is 0. The Balaban J connectivity index is 0. The number of ether oxygens (including phenoxy) is 2. The van der Waals surface area contributed by atoms with E-state index in [1.54, 1.807) is 13.8 Å². The van der Waals surface area contributed by atoms with E-state index in [4.69, 9.17) is 0 Å². The fraction of sp³-hybridized carbons (Fsp3) is 0.625. The summed E-state index contributed by atoms with van der Waals surface area (Å²) in [6, 6.07) is 0. The molecule has 15 heavy (non-hydrogen) atoms. The average Bonchev–Trinajstić information content (AvgIpc) is 2.03. The number of alkyl carbamates (subject to hydrolysis) is 1. The van der Waals surface area contributed by atoms with Gasteiger partial charge in [0, 0.05) is 29.6 Å². The van der Waals surface area contributed by atoms with Crippen molar-refractivity contribution in [3.05, 3.63) is 0 Å². The van der Waals surface area contributed by atoms with E-state index in [0.717, 1.165) is 0 Å². The monoisotopic (exact) mass is 226 g/mol. The molecule has 6 nitrogen and oxygen atoms in total. The van der Waals surface area contributed by atoms with Crippen LogP contribution in [0.1, 0.15) is 20.3 Å². The van der Waals surface area contributed by atoms with Gasteiger partial charge in [-0.3, -0.25) is 14.9 Å². The topological polar surface area (TPSA) is 81.7 Å². The standard InChI is InChI=1S/C8H13NO5.Na/c1-3-13-7(11)5-6(10)9-8(12)14-4-2;/h3-5H2,1-2H3,(H,9,10,12);. The number of rotatable bonds is 4. The van der Waals surface area contributed by atoms with Crippen molar-refractivity contribution in [1.29, 1.82) is 0 Å². The maximum Gasteiger partial charge on any atom is 0.413 e. The summed E-state index contributed by atoms with van der Waals surface area (Å²) in [5.41, 5.74) is 0. The van der Waals surface area contributed by atoms with Gasteiger partial charge in [0.2, 0.25) is 5.91 Å². The van der Waals surface area contributed by atoms with Gasteiger partial charge in [-0.1, -0.05) is 0 Å². The van der Waals surface area contributed by atoms with Gasteiger partial charge in [0.15, 0.2) is 0 Å². The average molecular weight is 226 g/mol. The molecule has 0 saturated heterocycles. The molecule has 0 rings (SSSR count). The summed E-state index contributed by atoms with van der Waals surface area (Å²) in [6.45, 7) is 3.60. The van der Waals surface area contributed by atoms with Crippen molar-refractivity contribution >= 4 is 47.5 Å². The Bertz CT molecular complexity index is 209. The first-order valence-electron chi connectivity index (χ1n) is 4.22. The zero-order chi connectivity index (χ0) is 11.0. The number of amides is 2. The van der Waals surface area contributed by atoms with Gasteiger partial charge in [-0.25, -0.2) is 4.79 Å². The van der Waals surface area contributed by atoms with E-state index < -0.39 is 24.4 Å². The van der Waals surface area contributed by atoms with Gasteiger partial charge in [-0.15, -0.1) is 0 Å². The molecule has 0 saturated carbocycles. The first-order chi connectivity index (χ1) is 6.60. The Labute approximate surface area is 110 Å². The second-order valence-electron chi connectivity index (χ2n) is 2.25. The Morgan fingerprint density at radius 3 is 2.07 bits per heavy atom. The van der Waals surface area contributed by atoms with Gasteiger partial charge in [-0.2, -0.15) is 0 Å². The molecule has 0 bridgehead atoms. The second-order valence-corrected chi connectivity index (χ2v) is 2.25. The van der Waals surface area contributed by atoms with Gasteiger partial charge in [0.25, 0.3) is 0 Å². The van der Waals surface area contributed by atoms with Crippen molar-refractivity contribution in [3.8, 4) is 0 Å². The quantitative estimate of drug-likeness (QED) is 0.409. The van der Waals surface area contributed by atoms with Crippen LogP contribution in [-0.2, 0) is 19.1 Å². The molecule has 81 valence electrons. The predicted octanol–water partition coefficient (Wildman–Crippen LogP) is -0.169. The van der Waals surface area contributed by atoms with Crippen molar-refractivity contribution in [3.63, 3.8) is 0 Å². The number of esters is 1. The molecule has 0 spiro atoms. The molecule has 7 heteroatoms. The van der Waals surface area contributed by atoms with E-state index >= 15 is 0 Å². The van der Waals surface area contributed by atoms with E-state index in [-0.39, 0.29) is 42.8 Å². The third kappa shape index (κ3) is 9.71. The van der Waals surface area contributed by atoms with Crippen LogP contribution in [0.5, 0.6) is 0 Å². The Morgan fingerprint density at radius 2 is 1.60 bits per heavy atom. The molecule has 0 heterocycles. The van der Waals surface area contributed by atoms with Crippen LogP contribution in [0.15, 0.2) is 0 Å². The van der Waals surface area contributed by atoms with Crippen LogP contribution in [0.25, 0.3) is 0 Å². The summed E-state index contributed by atoms with van der Waals surface area (Å²) in [4.78, 5) is 32.3. The smallest absolute Gasteiger partial charge is 0.413 e. The van der Waals surface area contributed by atoms with Crippen LogP contribution in [-0.4, -0.2) is 60.7 Å². The van der Waals surface area contributed by atoms with E-state index in [0.29, 0.717) is 0 Å². The minimum atomic E-state index is -0.859. The number of carbonyl (C=O) groups excluding carboxylic acids is 3. The van der Waals surface area contributed by atoms with Crippen LogP contribution in [0.4, 0.5) is 4.79 Å². The van der Waals surface area contributed by atoms with Crippen molar-refractivity contribution in [2.24, 2.45) is 0 Å². The van der Waals surface area contributed by atoms with Gasteiger partial charge in [-0.05, 0) is 13.8 Å². The minimum absolute atomic E-state index is 0. The number of imide groups is 1. The summed E-state index contributed by atoms with van der Waals surface area (Å²) in [5.74, 6) is -1.41. The molecule has 0 aliphatic carbocycles. The molecule has 0 aliphatic heterocycles. The van der Waals surface area contributed by atoms with Gasteiger partial charge in [0.1, 0.15) is 6.42 Å². The first-order valence-corrected chi connectivity index (χ1v) is 4.22. The molecule has 0 aromatic rings. The molecule has 0 aromatic heterocycles. The van der Waals surface area contributed by atoms with Crippen molar-refractivity contribution in [2.75, 3.05) is 13.2 Å². The van der Waals surface area contributed by atoms with Crippen LogP contribution < -0.4 is 5.32 Å². The molecule has 0 fully saturated rings. The first kappa shape index (κ1) is 16.8. The zero-order valence-corrected chi connectivity index (χ0v) is 11.2. The predicted molar refractivity (Wildman–Crippen MR) is 52.2 cm³/mol. The summed E-state index contributed by atoms with van der Waals surface area (Å²) in [5, 5.41) is 1.87. The van der Waals surface area contributed by atoms with Crippen LogP contribution in [0.3, 0.4) is 0 Å². The summed E-state index contributed by atoms with van der Waals surface area (Å²) >= 11 is 0. The third-order valence-corrected chi connectivity index (χ3v) is 1.13. The molecule has 0 atom stereocenters. The van der Waals surface area contributed by atoms with E-state index in [1.807, 2.05) is 5.32 Å². The molecule has 0 aliphatic rings. The Morgan fingerprint density at radius 1 is 1.07 bits per heavy atom. The SMILES string of the molecule is CCOC(=O)CC(=O)NC(=O)OCC.[Na]. The molecule has 0 aromatic carbocycles. The maximum absolute atomic E-state index is 10.9. The molecule has 0 unspecified atom stereocenters. The van der Waals surface area contributed by atoms with Gasteiger partial charge >= 0.3 is 12.1 Å². The number of carbonyl (C=O) groups is 3. The van der Waals surface area contributed by atoms with Crippen molar-refractivity contribution in [2.45, 2.75) is 20.3 Å². The number of hydrogen-bond donors (Lipinski definition) is 1. The van der Waals surface area contributed by atoms with Crippen molar-refractivity contribution in [1.82, 2.24) is 5.32 Å². The molecule has 1 N–H and O–H groups in total. The fourth-order valence-electron chi connectivity index (χ4n) is 0.668. The third-order valence-electron chi connectivity index (χ3n) is 1.13. The minimum Gasteiger partial charge on any atom is -0.466 e. The van der Waals surface area contributed by atoms with Crippen LogP contribution in [0.2, 0.25) is 0 Å². The maximum atomic E-state index is 10.9. The van der Waals surface area contributed by atoms with Crippen molar-refractivity contribution < 1.29 is 23.9 Å². The van der Waals surface area contributed by atoms with Crippen LogP contribution in [0, 0.1) is 0 Å². The summed E-state index contributed by atoms with van der Waals surface area (Å²) < 4.78 is 8.93. The fourth-order valence-corrected chi connectivity index (χ4v) is 0.668.